The van der Waals surface area contributed by atoms with Crippen LogP contribution in [0, 0.1) is 0 Å². The van der Waals surface area contributed by atoms with Gasteiger partial charge in [0.2, 0.25) is 5.65 Å². The number of aromatic nitrogens is 4. The predicted octanol–water partition coefficient (Wildman–Crippen LogP) is 2.72. The van der Waals surface area contributed by atoms with Crippen LogP contribution in [0.3, 0.4) is 0 Å². The average Bonchev–Trinajstić information content (AvgIpc) is 3.12. The molecule has 3 heterocycles. The second kappa shape index (κ2) is 6.07. The minimum absolute atomic E-state index is 0.667. The number of benzene rings is 2. The van der Waals surface area contributed by atoms with Gasteiger partial charge in [0.15, 0.2) is 0 Å². The zero-order valence-electron chi connectivity index (χ0n) is 14.7. The van der Waals surface area contributed by atoms with Gasteiger partial charge in [-0.05, 0) is 42.8 Å². The minimum atomic E-state index is 0.667. The van der Waals surface area contributed by atoms with Crippen LogP contribution in [-0.4, -0.2) is 58.1 Å². The average molecular weight is 344 g/mol. The van der Waals surface area contributed by atoms with Crippen molar-refractivity contribution in [2.75, 3.05) is 38.1 Å². The van der Waals surface area contributed by atoms with E-state index in [0.717, 1.165) is 37.4 Å². The van der Waals surface area contributed by atoms with Crippen molar-refractivity contribution in [2.45, 2.75) is 0 Å². The molecule has 0 atom stereocenters. The van der Waals surface area contributed by atoms with Crippen LogP contribution >= 0.6 is 0 Å². The molecular formula is C20H20N6. The summed E-state index contributed by atoms with van der Waals surface area (Å²) in [5.41, 5.74) is 3.89. The largest absolute Gasteiger partial charge is 0.368 e. The quantitative estimate of drug-likeness (QED) is 0.560. The van der Waals surface area contributed by atoms with Gasteiger partial charge in [0.25, 0.3) is 0 Å². The number of hydrogen-bond donors (Lipinski definition) is 0. The van der Waals surface area contributed by atoms with Gasteiger partial charge in [-0.15, -0.1) is 5.10 Å². The Morgan fingerprint density at radius 2 is 1.81 bits per heavy atom. The van der Waals surface area contributed by atoms with E-state index in [-0.39, 0.29) is 0 Å². The van der Waals surface area contributed by atoms with Crippen LogP contribution in [0.2, 0.25) is 0 Å². The normalized spacial score (nSPS) is 15.8. The van der Waals surface area contributed by atoms with E-state index >= 15 is 0 Å². The molecule has 26 heavy (non-hydrogen) atoms. The van der Waals surface area contributed by atoms with Crippen molar-refractivity contribution in [1.29, 1.82) is 0 Å². The molecule has 0 N–H and O–H groups in total. The van der Waals surface area contributed by atoms with Gasteiger partial charge in [-0.2, -0.15) is 0 Å². The first-order valence-electron chi connectivity index (χ1n) is 8.93. The Labute approximate surface area is 151 Å². The number of likely N-dealkylation sites (N-methyl/N-ethyl adjacent to an activating group) is 1. The highest BCUT2D eigenvalue weighted by Crippen LogP contribution is 2.30. The van der Waals surface area contributed by atoms with E-state index in [1.165, 1.54) is 16.5 Å². The summed E-state index contributed by atoms with van der Waals surface area (Å²) < 4.78 is 1.86. The van der Waals surface area contributed by atoms with E-state index in [4.69, 9.17) is 0 Å². The predicted molar refractivity (Wildman–Crippen MR) is 104 cm³/mol. The monoisotopic (exact) mass is 344 g/mol. The van der Waals surface area contributed by atoms with E-state index in [1.54, 1.807) is 6.20 Å². The lowest BCUT2D eigenvalue weighted by Crippen LogP contribution is -2.44. The first-order chi connectivity index (χ1) is 12.8. The summed E-state index contributed by atoms with van der Waals surface area (Å²) in [6.45, 7) is 4.29. The number of nitrogens with zero attached hydrogens (tertiary/aromatic N) is 6. The van der Waals surface area contributed by atoms with Gasteiger partial charge in [-0.25, -0.2) is 9.67 Å². The Kier molecular flexibility index (Phi) is 3.57. The molecule has 6 nitrogen and oxygen atoms in total. The molecule has 0 aliphatic carbocycles. The maximum absolute atomic E-state index is 4.31. The van der Waals surface area contributed by atoms with Gasteiger partial charge in [0.1, 0.15) is 5.52 Å². The highest BCUT2D eigenvalue weighted by molar-refractivity contribution is 5.96. The summed E-state index contributed by atoms with van der Waals surface area (Å²) in [6, 6.07) is 16.9. The maximum atomic E-state index is 4.31. The van der Waals surface area contributed by atoms with Crippen molar-refractivity contribution >= 4 is 27.6 Å². The van der Waals surface area contributed by atoms with E-state index < -0.39 is 0 Å². The molecule has 130 valence electrons. The molecule has 0 bridgehead atoms. The van der Waals surface area contributed by atoms with Gasteiger partial charge in [0, 0.05) is 43.4 Å². The van der Waals surface area contributed by atoms with Crippen molar-refractivity contribution in [1.82, 2.24) is 24.9 Å². The highest BCUT2D eigenvalue weighted by atomic mass is 15.4. The van der Waals surface area contributed by atoms with E-state index in [2.05, 4.69) is 68.5 Å². The first-order valence-corrected chi connectivity index (χ1v) is 8.93. The van der Waals surface area contributed by atoms with Gasteiger partial charge in [-0.3, -0.25) is 0 Å². The van der Waals surface area contributed by atoms with Gasteiger partial charge in [0.05, 0.1) is 5.69 Å². The van der Waals surface area contributed by atoms with Crippen LogP contribution in [-0.2, 0) is 0 Å². The fraction of sp³-hybridized carbons (Fsp3) is 0.250. The third-order valence-electron chi connectivity index (χ3n) is 5.15. The molecule has 1 aliphatic rings. The summed E-state index contributed by atoms with van der Waals surface area (Å²) in [4.78, 5) is 9.14. The number of piperazine rings is 1. The molecule has 2 aromatic heterocycles. The molecule has 0 unspecified atom stereocenters. The smallest absolute Gasteiger partial charge is 0.202 e. The standard InChI is InChI=1S/C20H20N6/c1-24-10-12-25(13-11-24)18-5-2-4-15-7-8-16(14-17(15)18)26-19-6-3-9-21-20(19)22-23-26/h2-9,14H,10-13H2,1H3. The Balaban J connectivity index is 1.64. The van der Waals surface area contributed by atoms with Gasteiger partial charge in [-0.1, -0.05) is 23.4 Å². The van der Waals surface area contributed by atoms with E-state index in [9.17, 15) is 0 Å². The van der Waals surface area contributed by atoms with Crippen LogP contribution in [0.25, 0.3) is 27.6 Å². The third kappa shape index (κ3) is 2.50. The summed E-state index contributed by atoms with van der Waals surface area (Å²) in [5, 5.41) is 11.0. The molecule has 1 fully saturated rings. The zero-order valence-corrected chi connectivity index (χ0v) is 14.7. The van der Waals surface area contributed by atoms with Gasteiger partial charge >= 0.3 is 0 Å². The lowest BCUT2D eigenvalue weighted by atomic mass is 10.1. The molecule has 5 rings (SSSR count). The Hall–Kier alpha value is -2.99. The lowest BCUT2D eigenvalue weighted by molar-refractivity contribution is 0.313. The van der Waals surface area contributed by atoms with E-state index in [1.807, 2.05) is 16.8 Å². The summed E-state index contributed by atoms with van der Waals surface area (Å²) in [6.07, 6.45) is 1.74. The summed E-state index contributed by atoms with van der Waals surface area (Å²) >= 11 is 0. The minimum Gasteiger partial charge on any atom is -0.368 e. The Morgan fingerprint density at radius 1 is 0.923 bits per heavy atom. The SMILES string of the molecule is CN1CCN(c2cccc3ccc(-n4nnc5ncccc54)cc23)CC1. The van der Waals surface area contributed by atoms with Crippen molar-refractivity contribution in [3.8, 4) is 5.69 Å². The molecule has 1 saturated heterocycles. The second-order valence-corrected chi connectivity index (χ2v) is 6.82. The fourth-order valence-electron chi connectivity index (χ4n) is 3.66. The van der Waals surface area contributed by atoms with Crippen molar-refractivity contribution < 1.29 is 0 Å². The number of rotatable bonds is 2. The van der Waals surface area contributed by atoms with E-state index in [0.29, 0.717) is 5.65 Å². The summed E-state index contributed by atoms with van der Waals surface area (Å²) in [5.74, 6) is 0. The molecule has 0 amide bonds. The van der Waals surface area contributed by atoms with Crippen molar-refractivity contribution in [3.05, 3.63) is 54.7 Å². The number of pyridine rings is 1. The topological polar surface area (TPSA) is 50.1 Å². The zero-order chi connectivity index (χ0) is 17.5. The fourth-order valence-corrected chi connectivity index (χ4v) is 3.66. The van der Waals surface area contributed by atoms with Crippen LogP contribution in [0.4, 0.5) is 5.69 Å². The number of fused-ring (bicyclic) bond motifs is 2. The molecule has 2 aromatic carbocycles. The molecule has 0 saturated carbocycles. The maximum Gasteiger partial charge on any atom is 0.202 e. The Bertz CT molecular complexity index is 1080. The first kappa shape index (κ1) is 15.3. The Morgan fingerprint density at radius 3 is 2.69 bits per heavy atom. The molecule has 4 aromatic rings. The molecule has 6 heteroatoms. The van der Waals surface area contributed by atoms with Crippen LogP contribution in [0.1, 0.15) is 0 Å². The van der Waals surface area contributed by atoms with Crippen LogP contribution in [0.15, 0.2) is 54.7 Å². The summed E-state index contributed by atoms with van der Waals surface area (Å²) in [7, 11) is 2.18. The van der Waals surface area contributed by atoms with Crippen molar-refractivity contribution in [3.63, 3.8) is 0 Å². The molecular weight excluding hydrogens is 324 g/mol. The van der Waals surface area contributed by atoms with Gasteiger partial charge < -0.3 is 9.80 Å². The third-order valence-corrected chi connectivity index (χ3v) is 5.15. The van der Waals surface area contributed by atoms with Crippen LogP contribution < -0.4 is 4.90 Å². The second-order valence-electron chi connectivity index (χ2n) is 6.82. The molecule has 0 spiro atoms. The molecule has 0 radical (unpaired) electrons. The van der Waals surface area contributed by atoms with Crippen LogP contribution in [0.5, 0.6) is 0 Å². The van der Waals surface area contributed by atoms with Crippen molar-refractivity contribution in [2.24, 2.45) is 0 Å². The number of anilines is 1. The molecule has 1 aliphatic heterocycles. The highest BCUT2D eigenvalue weighted by Gasteiger charge is 2.17. The lowest BCUT2D eigenvalue weighted by Gasteiger charge is -2.34. The number of hydrogen-bond acceptors (Lipinski definition) is 5.